The zero-order valence-corrected chi connectivity index (χ0v) is 20.3. The SMILES string of the molecule is Clc1ccc(COc2ccc3ccccc3c2CNc2ccc(N3CCOCC3)c(Cl)c2)cc1. The van der Waals surface area contributed by atoms with Crippen LogP contribution in [0.2, 0.25) is 10.0 Å². The van der Waals surface area contributed by atoms with Gasteiger partial charge in [-0.05, 0) is 52.7 Å². The van der Waals surface area contributed by atoms with E-state index in [1.165, 1.54) is 10.8 Å². The van der Waals surface area contributed by atoms with Crippen LogP contribution < -0.4 is 15.0 Å². The van der Waals surface area contributed by atoms with E-state index in [0.29, 0.717) is 13.2 Å². The van der Waals surface area contributed by atoms with Crippen LogP contribution in [-0.4, -0.2) is 26.3 Å². The van der Waals surface area contributed by atoms with Gasteiger partial charge in [0.05, 0.1) is 23.9 Å². The number of benzene rings is 4. The molecule has 4 nitrogen and oxygen atoms in total. The fourth-order valence-corrected chi connectivity index (χ4v) is 4.67. The highest BCUT2D eigenvalue weighted by atomic mass is 35.5. The van der Waals surface area contributed by atoms with Crippen molar-refractivity contribution < 1.29 is 9.47 Å². The van der Waals surface area contributed by atoms with Gasteiger partial charge in [-0.1, -0.05) is 65.7 Å². The number of rotatable bonds is 7. The largest absolute Gasteiger partial charge is 0.489 e. The first kappa shape index (κ1) is 22.9. The molecule has 34 heavy (non-hydrogen) atoms. The number of hydrogen-bond donors (Lipinski definition) is 1. The van der Waals surface area contributed by atoms with Crippen LogP contribution in [0.15, 0.2) is 78.9 Å². The summed E-state index contributed by atoms with van der Waals surface area (Å²) < 4.78 is 11.7. The van der Waals surface area contributed by atoms with Crippen molar-refractivity contribution in [1.29, 1.82) is 0 Å². The number of nitrogens with one attached hydrogen (secondary N) is 1. The Morgan fingerprint density at radius 3 is 2.47 bits per heavy atom. The van der Waals surface area contributed by atoms with Gasteiger partial charge in [-0.25, -0.2) is 0 Å². The van der Waals surface area contributed by atoms with Crippen LogP contribution in [0, 0.1) is 0 Å². The molecule has 1 fully saturated rings. The second kappa shape index (κ2) is 10.6. The second-order valence-corrected chi connectivity index (χ2v) is 9.14. The van der Waals surface area contributed by atoms with Crippen LogP contribution in [0.1, 0.15) is 11.1 Å². The smallest absolute Gasteiger partial charge is 0.125 e. The molecule has 0 spiro atoms. The fourth-order valence-electron chi connectivity index (χ4n) is 4.24. The monoisotopic (exact) mass is 492 g/mol. The lowest BCUT2D eigenvalue weighted by atomic mass is 10.0. The maximum absolute atomic E-state index is 6.64. The molecule has 4 aromatic carbocycles. The Labute approximate surface area is 210 Å². The van der Waals surface area contributed by atoms with Gasteiger partial charge in [0.25, 0.3) is 0 Å². The van der Waals surface area contributed by atoms with E-state index in [4.69, 9.17) is 32.7 Å². The van der Waals surface area contributed by atoms with Gasteiger partial charge >= 0.3 is 0 Å². The molecule has 0 aliphatic carbocycles. The van der Waals surface area contributed by atoms with Crippen molar-refractivity contribution in [3.05, 3.63) is 100 Å². The van der Waals surface area contributed by atoms with Crippen molar-refractivity contribution in [2.75, 3.05) is 36.5 Å². The van der Waals surface area contributed by atoms with E-state index in [2.05, 4.69) is 52.7 Å². The predicted molar refractivity (Wildman–Crippen MR) is 142 cm³/mol. The number of nitrogens with zero attached hydrogens (tertiary/aromatic N) is 1. The molecule has 0 radical (unpaired) electrons. The lowest BCUT2D eigenvalue weighted by Crippen LogP contribution is -2.36. The highest BCUT2D eigenvalue weighted by Crippen LogP contribution is 2.32. The molecule has 0 unspecified atom stereocenters. The molecule has 1 heterocycles. The third-order valence-electron chi connectivity index (χ3n) is 6.07. The third-order valence-corrected chi connectivity index (χ3v) is 6.63. The van der Waals surface area contributed by atoms with Crippen LogP contribution in [0.25, 0.3) is 10.8 Å². The number of anilines is 2. The Morgan fingerprint density at radius 1 is 0.882 bits per heavy atom. The number of hydrogen-bond acceptors (Lipinski definition) is 4. The molecule has 0 saturated carbocycles. The minimum Gasteiger partial charge on any atom is -0.489 e. The van der Waals surface area contributed by atoms with E-state index >= 15 is 0 Å². The molecule has 6 heteroatoms. The molecule has 1 saturated heterocycles. The molecule has 1 aliphatic rings. The minimum atomic E-state index is 0.475. The molecule has 4 aromatic rings. The lowest BCUT2D eigenvalue weighted by molar-refractivity contribution is 0.122. The summed E-state index contributed by atoms with van der Waals surface area (Å²) in [7, 11) is 0. The van der Waals surface area contributed by atoms with Crippen LogP contribution in [0.4, 0.5) is 11.4 Å². The fraction of sp³-hybridized carbons (Fsp3) is 0.214. The van der Waals surface area contributed by atoms with E-state index in [-0.39, 0.29) is 0 Å². The topological polar surface area (TPSA) is 33.7 Å². The van der Waals surface area contributed by atoms with Gasteiger partial charge in [0.1, 0.15) is 12.4 Å². The lowest BCUT2D eigenvalue weighted by Gasteiger charge is -2.29. The first-order valence-corrected chi connectivity index (χ1v) is 12.2. The zero-order chi connectivity index (χ0) is 23.3. The number of ether oxygens (including phenoxy) is 2. The normalized spacial score (nSPS) is 13.8. The Bertz CT molecular complexity index is 1270. The summed E-state index contributed by atoms with van der Waals surface area (Å²) in [6.45, 7) is 4.27. The molecule has 1 aliphatic heterocycles. The van der Waals surface area contributed by atoms with Gasteiger partial charge in [0, 0.05) is 35.9 Å². The van der Waals surface area contributed by atoms with Gasteiger partial charge in [-0.2, -0.15) is 0 Å². The number of fused-ring (bicyclic) bond motifs is 1. The predicted octanol–water partition coefficient (Wildman–Crippen LogP) is 7.17. The van der Waals surface area contributed by atoms with Gasteiger partial charge in [0.15, 0.2) is 0 Å². The van der Waals surface area contributed by atoms with Crippen molar-refractivity contribution in [2.24, 2.45) is 0 Å². The van der Waals surface area contributed by atoms with Gasteiger partial charge in [-0.15, -0.1) is 0 Å². The van der Waals surface area contributed by atoms with E-state index in [9.17, 15) is 0 Å². The summed E-state index contributed by atoms with van der Waals surface area (Å²) in [4.78, 5) is 2.27. The highest BCUT2D eigenvalue weighted by molar-refractivity contribution is 6.33. The molecule has 1 N–H and O–H groups in total. The van der Waals surface area contributed by atoms with Crippen LogP contribution in [-0.2, 0) is 17.9 Å². The molecular weight excluding hydrogens is 467 g/mol. The average molecular weight is 493 g/mol. The Balaban J connectivity index is 1.36. The van der Waals surface area contributed by atoms with E-state index in [0.717, 1.165) is 64.6 Å². The minimum absolute atomic E-state index is 0.475. The first-order chi connectivity index (χ1) is 16.7. The van der Waals surface area contributed by atoms with Crippen molar-refractivity contribution in [3.63, 3.8) is 0 Å². The summed E-state index contributed by atoms with van der Waals surface area (Å²) in [5.41, 5.74) is 4.20. The van der Waals surface area contributed by atoms with E-state index in [1.54, 1.807) is 0 Å². The van der Waals surface area contributed by atoms with Crippen LogP contribution in [0.5, 0.6) is 5.75 Å². The summed E-state index contributed by atoms with van der Waals surface area (Å²) >= 11 is 12.7. The van der Waals surface area contributed by atoms with Crippen molar-refractivity contribution in [1.82, 2.24) is 0 Å². The number of halogens is 2. The maximum atomic E-state index is 6.64. The standard InChI is InChI=1S/C28H26Cl2N2O2/c29-22-8-5-20(6-9-22)19-34-28-12-7-21-3-1-2-4-24(21)25(28)18-31-23-10-11-27(26(30)17-23)32-13-15-33-16-14-32/h1-12,17,31H,13-16,18-19H2. The summed E-state index contributed by atoms with van der Waals surface area (Å²) in [6.07, 6.45) is 0. The van der Waals surface area contributed by atoms with Gasteiger partial charge in [-0.3, -0.25) is 0 Å². The summed E-state index contributed by atoms with van der Waals surface area (Å²) in [5, 5.41) is 7.35. The Hall–Kier alpha value is -2.92. The third kappa shape index (κ3) is 5.25. The molecule has 5 rings (SSSR count). The molecule has 0 bridgehead atoms. The van der Waals surface area contributed by atoms with Crippen molar-refractivity contribution in [3.8, 4) is 5.75 Å². The summed E-state index contributed by atoms with van der Waals surface area (Å²) in [5.74, 6) is 0.859. The zero-order valence-electron chi connectivity index (χ0n) is 18.8. The van der Waals surface area contributed by atoms with Crippen molar-refractivity contribution >= 4 is 45.3 Å². The highest BCUT2D eigenvalue weighted by Gasteiger charge is 2.15. The quantitative estimate of drug-likeness (QED) is 0.296. The van der Waals surface area contributed by atoms with Gasteiger partial charge in [0.2, 0.25) is 0 Å². The van der Waals surface area contributed by atoms with Gasteiger partial charge < -0.3 is 19.7 Å². The van der Waals surface area contributed by atoms with Crippen LogP contribution in [0.3, 0.4) is 0 Å². The molecule has 174 valence electrons. The number of morpholine rings is 1. The summed E-state index contributed by atoms with van der Waals surface area (Å²) in [6, 6.07) is 26.4. The van der Waals surface area contributed by atoms with E-state index < -0.39 is 0 Å². The molecule has 0 aromatic heterocycles. The average Bonchev–Trinajstić information content (AvgIpc) is 2.88. The van der Waals surface area contributed by atoms with E-state index in [1.807, 2.05) is 36.4 Å². The Kier molecular flexibility index (Phi) is 7.10. The molecule has 0 atom stereocenters. The first-order valence-electron chi connectivity index (χ1n) is 11.4. The molecule has 0 amide bonds. The molecular formula is C28H26Cl2N2O2. The second-order valence-electron chi connectivity index (χ2n) is 8.30. The Morgan fingerprint density at radius 2 is 1.68 bits per heavy atom. The van der Waals surface area contributed by atoms with Crippen LogP contribution >= 0.6 is 23.2 Å². The van der Waals surface area contributed by atoms with Crippen molar-refractivity contribution in [2.45, 2.75) is 13.2 Å². The maximum Gasteiger partial charge on any atom is 0.125 e.